The van der Waals surface area contributed by atoms with Gasteiger partial charge < -0.3 is 19.1 Å². The number of benzene rings is 1. The van der Waals surface area contributed by atoms with Gasteiger partial charge in [-0.2, -0.15) is 0 Å². The van der Waals surface area contributed by atoms with Gasteiger partial charge in [-0.15, -0.1) is 29.3 Å². The Labute approximate surface area is 221 Å². The smallest absolute Gasteiger partial charge is 0.349 e. The van der Waals surface area contributed by atoms with Gasteiger partial charge in [-0.25, -0.2) is 4.79 Å². The summed E-state index contributed by atoms with van der Waals surface area (Å²) in [6.45, 7) is 8.52. The highest BCUT2D eigenvalue weighted by Gasteiger charge is 2.51. The lowest BCUT2D eigenvalue weighted by Gasteiger charge is -2.52. The third kappa shape index (κ3) is 5.16. The van der Waals surface area contributed by atoms with Crippen molar-refractivity contribution in [2.24, 2.45) is 5.92 Å². The molecule has 1 N–H and O–H groups in total. The molecule has 190 valence electrons. The first-order chi connectivity index (χ1) is 17.5. The molecule has 0 radical (unpaired) electrons. The van der Waals surface area contributed by atoms with E-state index in [4.69, 9.17) is 9.47 Å². The van der Waals surface area contributed by atoms with Crippen LogP contribution in [0, 0.1) is 5.92 Å². The van der Waals surface area contributed by atoms with Crippen molar-refractivity contribution in [2.75, 3.05) is 32.8 Å². The number of fused-ring (bicyclic) bond motifs is 3. The van der Waals surface area contributed by atoms with E-state index in [1.165, 1.54) is 28.2 Å². The molecule has 7 heteroatoms. The molecule has 0 unspecified atom stereocenters. The summed E-state index contributed by atoms with van der Waals surface area (Å²) in [5.41, 5.74) is -0.508. The molecule has 3 aliphatic rings. The van der Waals surface area contributed by atoms with Crippen LogP contribution in [0.1, 0.15) is 34.6 Å². The van der Waals surface area contributed by atoms with Gasteiger partial charge in [0.05, 0.1) is 36.0 Å². The standard InChI is InChI=1S/C29H34NO4S2/c1-2-6-22-9-11-24(12-10-22)33-18-5-15-30-16-13-23(14-17-30)25(21-30)34-28(31)29(32,26-7-3-19-35-26)27-8-4-20-36-27/h2-4,7-12,19-20,23,25,32H,1,5-6,13-18,21H2/q+1/t23?,25-,30?/m0/s1. The first kappa shape index (κ1) is 25.2. The maximum absolute atomic E-state index is 13.5. The second-order valence-electron chi connectivity index (χ2n) is 9.98. The molecule has 5 heterocycles. The second-order valence-corrected chi connectivity index (χ2v) is 11.9. The lowest BCUT2D eigenvalue weighted by atomic mass is 9.83. The number of ether oxygens (including phenoxy) is 2. The van der Waals surface area contributed by atoms with Gasteiger partial charge in [0.25, 0.3) is 0 Å². The van der Waals surface area contributed by atoms with E-state index in [0.29, 0.717) is 22.3 Å². The Morgan fingerprint density at radius 1 is 1.08 bits per heavy atom. The summed E-state index contributed by atoms with van der Waals surface area (Å²) in [4.78, 5) is 14.7. The molecule has 0 saturated carbocycles. The molecule has 0 amide bonds. The maximum Gasteiger partial charge on any atom is 0.349 e. The molecule has 36 heavy (non-hydrogen) atoms. The molecule has 5 nitrogen and oxygen atoms in total. The van der Waals surface area contributed by atoms with E-state index in [1.54, 1.807) is 0 Å². The Morgan fingerprint density at radius 2 is 1.75 bits per heavy atom. The van der Waals surface area contributed by atoms with E-state index in [9.17, 15) is 9.90 Å². The third-order valence-corrected chi connectivity index (χ3v) is 9.66. The fourth-order valence-electron chi connectivity index (χ4n) is 5.66. The van der Waals surface area contributed by atoms with Crippen molar-refractivity contribution in [2.45, 2.75) is 37.4 Å². The van der Waals surface area contributed by atoms with Crippen LogP contribution in [0.2, 0.25) is 0 Å². The Hall–Kier alpha value is -2.45. The average molecular weight is 525 g/mol. The molecule has 3 aliphatic heterocycles. The van der Waals surface area contributed by atoms with Gasteiger partial charge in [0.1, 0.15) is 12.3 Å². The summed E-state index contributed by atoms with van der Waals surface area (Å²) in [5, 5.41) is 15.4. The molecule has 1 aromatic carbocycles. The minimum atomic E-state index is -1.74. The van der Waals surface area contributed by atoms with Crippen molar-refractivity contribution in [1.29, 1.82) is 0 Å². The number of hydrogen-bond donors (Lipinski definition) is 1. The van der Waals surface area contributed by atoms with E-state index >= 15 is 0 Å². The second kappa shape index (κ2) is 10.9. The van der Waals surface area contributed by atoms with Gasteiger partial charge in [0.15, 0.2) is 6.10 Å². The van der Waals surface area contributed by atoms with Crippen molar-refractivity contribution < 1.29 is 23.9 Å². The number of carbonyl (C=O) groups excluding carboxylic acids is 1. The Kier molecular flexibility index (Phi) is 7.62. The number of nitrogens with zero attached hydrogens (tertiary/aromatic N) is 1. The molecule has 3 saturated heterocycles. The van der Waals surface area contributed by atoms with Crippen LogP contribution in [-0.4, -0.2) is 54.4 Å². The van der Waals surface area contributed by atoms with Crippen molar-refractivity contribution in [1.82, 2.24) is 0 Å². The summed E-state index contributed by atoms with van der Waals surface area (Å²) in [6, 6.07) is 15.6. The molecule has 0 aliphatic carbocycles. The van der Waals surface area contributed by atoms with Gasteiger partial charge >= 0.3 is 5.97 Å². The van der Waals surface area contributed by atoms with Gasteiger partial charge in [0, 0.05) is 25.2 Å². The van der Waals surface area contributed by atoms with Crippen LogP contribution in [-0.2, 0) is 21.6 Å². The third-order valence-electron chi connectivity index (χ3n) is 7.70. The summed E-state index contributed by atoms with van der Waals surface area (Å²) in [6.07, 6.45) is 5.67. The minimum Gasteiger partial charge on any atom is -0.493 e. The van der Waals surface area contributed by atoms with Crippen LogP contribution in [0.5, 0.6) is 5.75 Å². The SMILES string of the molecule is C=CCc1ccc(OCCC[N+]23CCC(CC2)[C@@H](OC(=O)C(O)(c2cccs2)c2cccs2)C3)cc1. The van der Waals surface area contributed by atoms with Crippen molar-refractivity contribution in [3.63, 3.8) is 0 Å². The Morgan fingerprint density at radius 3 is 2.33 bits per heavy atom. The lowest BCUT2D eigenvalue weighted by Crippen LogP contribution is -2.65. The number of aliphatic hydroxyl groups is 1. The van der Waals surface area contributed by atoms with E-state index in [2.05, 4.69) is 18.7 Å². The topological polar surface area (TPSA) is 55.8 Å². The molecule has 2 aromatic heterocycles. The maximum atomic E-state index is 13.5. The molecule has 2 bridgehead atoms. The van der Waals surface area contributed by atoms with Crippen molar-refractivity contribution in [3.05, 3.63) is 87.3 Å². The lowest BCUT2D eigenvalue weighted by molar-refractivity contribution is -0.946. The first-order valence-electron chi connectivity index (χ1n) is 12.7. The quantitative estimate of drug-likeness (QED) is 0.158. The predicted molar refractivity (Wildman–Crippen MR) is 144 cm³/mol. The number of esters is 1. The van der Waals surface area contributed by atoms with Crippen LogP contribution in [0.4, 0.5) is 0 Å². The average Bonchev–Trinajstić information content (AvgIpc) is 3.64. The molecule has 1 atom stereocenters. The highest BCUT2D eigenvalue weighted by molar-refractivity contribution is 7.12. The minimum absolute atomic E-state index is 0.162. The molecule has 0 spiro atoms. The van der Waals surface area contributed by atoms with Gasteiger partial charge in [-0.05, 0) is 47.0 Å². The van der Waals surface area contributed by atoms with Crippen molar-refractivity contribution >= 4 is 28.6 Å². The highest BCUT2D eigenvalue weighted by atomic mass is 32.1. The van der Waals surface area contributed by atoms with Crippen LogP contribution in [0.25, 0.3) is 0 Å². The van der Waals surface area contributed by atoms with E-state index in [0.717, 1.165) is 62.1 Å². The van der Waals surface area contributed by atoms with Gasteiger partial charge in [-0.1, -0.05) is 30.3 Å². The van der Waals surface area contributed by atoms with E-state index in [1.807, 2.05) is 53.2 Å². The number of rotatable bonds is 11. The molecular formula is C29H34NO4S2+. The zero-order valence-corrected chi connectivity index (χ0v) is 22.1. The summed E-state index contributed by atoms with van der Waals surface area (Å²) in [5.74, 6) is 0.719. The number of quaternary nitrogens is 1. The highest BCUT2D eigenvalue weighted by Crippen LogP contribution is 2.40. The predicted octanol–water partition coefficient (Wildman–Crippen LogP) is 5.40. The molecular weight excluding hydrogens is 490 g/mol. The number of hydrogen-bond acceptors (Lipinski definition) is 6. The Balaban J connectivity index is 1.19. The summed E-state index contributed by atoms with van der Waals surface area (Å²) < 4.78 is 13.1. The Bertz CT molecular complexity index is 1100. The summed E-state index contributed by atoms with van der Waals surface area (Å²) >= 11 is 2.76. The fraction of sp³-hybridized carbons (Fsp3) is 0.414. The van der Waals surface area contributed by atoms with E-state index < -0.39 is 11.6 Å². The molecule has 3 aromatic rings. The van der Waals surface area contributed by atoms with E-state index in [-0.39, 0.29) is 6.10 Å². The van der Waals surface area contributed by atoms with Crippen LogP contribution >= 0.6 is 22.7 Å². The number of carbonyl (C=O) groups is 1. The monoisotopic (exact) mass is 524 g/mol. The zero-order valence-electron chi connectivity index (χ0n) is 20.5. The van der Waals surface area contributed by atoms with Crippen LogP contribution in [0.15, 0.2) is 71.9 Å². The van der Waals surface area contributed by atoms with Crippen LogP contribution in [0.3, 0.4) is 0 Å². The fourth-order valence-corrected chi connectivity index (χ4v) is 7.38. The molecule has 3 fully saturated rings. The largest absolute Gasteiger partial charge is 0.493 e. The van der Waals surface area contributed by atoms with Gasteiger partial charge in [0.2, 0.25) is 5.60 Å². The number of allylic oxidation sites excluding steroid dienone is 1. The van der Waals surface area contributed by atoms with Crippen LogP contribution < -0.4 is 4.74 Å². The van der Waals surface area contributed by atoms with Gasteiger partial charge in [-0.3, -0.25) is 0 Å². The number of piperidine rings is 3. The van der Waals surface area contributed by atoms with Crippen molar-refractivity contribution in [3.8, 4) is 5.75 Å². The summed E-state index contributed by atoms with van der Waals surface area (Å²) in [7, 11) is 0. The molecule has 6 rings (SSSR count). The zero-order chi connectivity index (χ0) is 25.0. The normalized spacial score (nSPS) is 23.4. The first-order valence-corrected chi connectivity index (χ1v) is 14.5. The number of thiophene rings is 2.